The topological polar surface area (TPSA) is 66.4 Å². The normalized spacial score (nSPS) is 16.6. The molecular weight excluding hydrogens is 237 g/mol. The molecule has 14 heavy (non-hydrogen) atoms. The maximum Gasteiger partial charge on any atom is 0.364 e. The fourth-order valence-electron chi connectivity index (χ4n) is 0.487. The van der Waals surface area contributed by atoms with E-state index in [4.69, 9.17) is 5.11 Å². The zero-order valence-corrected chi connectivity index (χ0v) is 7.29. The van der Waals surface area contributed by atoms with Crippen LogP contribution in [0.3, 0.4) is 0 Å². The van der Waals surface area contributed by atoms with E-state index in [2.05, 4.69) is 0 Å². The molecule has 2 N–H and O–H groups in total. The summed E-state index contributed by atoms with van der Waals surface area (Å²) in [6.45, 7) is 0. The number of carboxylic acid groups (broad SMARTS) is 1. The van der Waals surface area contributed by atoms with E-state index in [0.29, 0.717) is 0 Å². The summed E-state index contributed by atoms with van der Waals surface area (Å²) in [5, 5.41) is 7.95. The maximum atomic E-state index is 11.5. The Labute approximate surface area is 74.9 Å². The molecule has 0 atom stereocenters. The van der Waals surface area contributed by atoms with Crippen LogP contribution in [0.5, 0.6) is 0 Å². The second-order valence-electron chi connectivity index (χ2n) is 2.39. The Morgan fingerprint density at radius 2 is 1.50 bits per heavy atom. The highest BCUT2D eigenvalue weighted by molar-refractivity contribution is 8.44. The van der Waals surface area contributed by atoms with E-state index in [-0.39, 0.29) is 0 Å². The first-order valence-electron chi connectivity index (χ1n) is 3.06. The minimum atomic E-state index is -9.97. The zero-order chi connectivity index (χ0) is 11.7. The lowest BCUT2D eigenvalue weighted by atomic mass is 10.3. The summed E-state index contributed by atoms with van der Waals surface area (Å²) in [4.78, 5) is 20.0. The minimum absolute atomic E-state index is 0.390. The van der Waals surface area contributed by atoms with E-state index < -0.39 is 39.9 Å². The third-order valence-electron chi connectivity index (χ3n) is 0.873. The lowest BCUT2D eigenvalue weighted by molar-refractivity contribution is -0.138. The van der Waals surface area contributed by atoms with Gasteiger partial charge in [0.1, 0.15) is 0 Å². The quantitative estimate of drug-likeness (QED) is 0.743. The summed E-state index contributed by atoms with van der Waals surface area (Å²) in [5.41, 5.74) is 0. The van der Waals surface area contributed by atoms with Crippen LogP contribution in [0.25, 0.3) is 0 Å². The molecule has 0 aromatic carbocycles. The van der Waals surface area contributed by atoms with Gasteiger partial charge in [0.05, 0.1) is 6.42 Å². The van der Waals surface area contributed by atoms with Gasteiger partial charge >= 0.3 is 16.4 Å². The molecule has 0 fully saturated rings. The van der Waals surface area contributed by atoms with Crippen molar-refractivity contribution >= 4 is 22.3 Å². The van der Waals surface area contributed by atoms with Gasteiger partial charge in [0, 0.05) is 6.42 Å². The average Bonchev–Trinajstić information content (AvgIpc) is 1.75. The van der Waals surface area contributed by atoms with Crippen molar-refractivity contribution in [3.05, 3.63) is 0 Å². The van der Waals surface area contributed by atoms with E-state index in [1.165, 1.54) is 0 Å². The van der Waals surface area contributed by atoms with Gasteiger partial charge in [-0.1, -0.05) is 19.4 Å². The van der Waals surface area contributed by atoms with Gasteiger partial charge in [-0.3, -0.25) is 9.59 Å². The third-order valence-corrected chi connectivity index (χ3v) is 1.49. The number of carbonyl (C=O) groups is 2. The van der Waals surface area contributed by atoms with Crippen LogP contribution >= 0.6 is 10.4 Å². The zero-order valence-electron chi connectivity index (χ0n) is 6.48. The molecule has 0 aromatic rings. The number of halogens is 5. The fourth-order valence-corrected chi connectivity index (χ4v) is 1.02. The number of amides is 1. The molecule has 1 amide bonds. The van der Waals surface area contributed by atoms with Crippen LogP contribution in [-0.4, -0.2) is 17.0 Å². The van der Waals surface area contributed by atoms with Crippen molar-refractivity contribution in [1.82, 2.24) is 4.72 Å². The lowest BCUT2D eigenvalue weighted by Crippen LogP contribution is -2.33. The summed E-state index contributed by atoms with van der Waals surface area (Å²) < 4.78 is 57.2. The van der Waals surface area contributed by atoms with Crippen molar-refractivity contribution in [2.45, 2.75) is 12.8 Å². The Hall–Kier alpha value is -1.06. The molecule has 10 heteroatoms. The van der Waals surface area contributed by atoms with Gasteiger partial charge < -0.3 is 5.11 Å². The molecule has 0 aliphatic heterocycles. The van der Waals surface area contributed by atoms with E-state index in [1.54, 1.807) is 0 Å². The van der Waals surface area contributed by atoms with Gasteiger partial charge in [0.15, 0.2) is 0 Å². The number of rotatable bonds is 4. The summed E-state index contributed by atoms with van der Waals surface area (Å²) in [6, 6.07) is 0. The Kier molecular flexibility index (Phi) is 2.51. The first-order valence-corrected chi connectivity index (χ1v) is 5.02. The predicted molar refractivity (Wildman–Crippen MR) is 38.1 cm³/mol. The average molecular weight is 243 g/mol. The van der Waals surface area contributed by atoms with Gasteiger partial charge in [-0.15, -0.1) is 0 Å². The van der Waals surface area contributed by atoms with Crippen LogP contribution in [0.2, 0.25) is 0 Å². The molecule has 0 rings (SSSR count). The number of hydrogen-bond donors (Lipinski definition) is 2. The first-order chi connectivity index (χ1) is 5.79. The molecule has 0 bridgehead atoms. The standard InChI is InChI=1S/C4H6F5NO3S/c5-14(6,7,8,9)10-3(11)1-2-4(12)13/h1-2H2,(H,10,11)(H,12,13). The molecule has 0 spiro atoms. The molecule has 0 unspecified atom stereocenters. The fraction of sp³-hybridized carbons (Fsp3) is 0.500. The second kappa shape index (κ2) is 2.72. The van der Waals surface area contributed by atoms with Gasteiger partial charge in [-0.05, 0) is 0 Å². The molecule has 0 saturated heterocycles. The molecule has 0 aliphatic rings. The summed E-state index contributed by atoms with van der Waals surface area (Å²) >= 11 is 0. The molecule has 4 nitrogen and oxygen atoms in total. The van der Waals surface area contributed by atoms with Crippen molar-refractivity contribution in [2.75, 3.05) is 0 Å². The van der Waals surface area contributed by atoms with E-state index in [9.17, 15) is 29.0 Å². The highest BCUT2D eigenvalue weighted by Gasteiger charge is 2.64. The molecule has 0 aliphatic carbocycles. The van der Waals surface area contributed by atoms with Gasteiger partial charge in [0.2, 0.25) is 5.91 Å². The van der Waals surface area contributed by atoms with Crippen molar-refractivity contribution in [2.24, 2.45) is 0 Å². The smallest absolute Gasteiger partial charge is 0.364 e. The number of nitrogens with one attached hydrogen (secondary N) is 1. The van der Waals surface area contributed by atoms with Crippen LogP contribution in [0, 0.1) is 0 Å². The van der Waals surface area contributed by atoms with E-state index in [0.717, 1.165) is 0 Å². The summed E-state index contributed by atoms with van der Waals surface area (Å²) in [6.07, 6.45) is -2.10. The Morgan fingerprint density at radius 1 is 1.07 bits per heavy atom. The molecular formula is C4H6F5NO3S. The second-order valence-corrected chi connectivity index (χ2v) is 4.53. The van der Waals surface area contributed by atoms with Crippen molar-refractivity contribution < 1.29 is 34.1 Å². The Balaban J connectivity index is 4.30. The summed E-state index contributed by atoms with van der Waals surface area (Å²) in [5.74, 6) is -3.62. The monoisotopic (exact) mass is 243 g/mol. The van der Waals surface area contributed by atoms with Crippen LogP contribution in [0.1, 0.15) is 12.8 Å². The molecule has 86 valence electrons. The number of carbonyl (C=O) groups excluding carboxylic acids is 1. The van der Waals surface area contributed by atoms with Crippen molar-refractivity contribution in [3.63, 3.8) is 0 Å². The number of aliphatic carboxylic acids is 1. The van der Waals surface area contributed by atoms with Crippen LogP contribution in [-0.2, 0) is 9.59 Å². The number of hydrogen-bond acceptors (Lipinski definition) is 2. The van der Waals surface area contributed by atoms with Crippen molar-refractivity contribution in [3.8, 4) is 0 Å². The highest BCUT2D eigenvalue weighted by atomic mass is 32.5. The van der Waals surface area contributed by atoms with Gasteiger partial charge in [-0.25, -0.2) is 4.72 Å². The Bertz CT molecular complexity index is 271. The third kappa shape index (κ3) is 9.03. The predicted octanol–water partition coefficient (Wildman–Crippen LogP) is 2.18. The highest BCUT2D eigenvalue weighted by Crippen LogP contribution is 2.94. The van der Waals surface area contributed by atoms with E-state index in [1.807, 2.05) is 0 Å². The van der Waals surface area contributed by atoms with E-state index >= 15 is 0 Å². The SMILES string of the molecule is O=C(O)CCC(=O)NS(F)(F)(F)(F)F. The number of carboxylic acids is 1. The van der Waals surface area contributed by atoms with Gasteiger partial charge in [-0.2, -0.15) is 0 Å². The molecule has 0 aromatic heterocycles. The summed E-state index contributed by atoms with van der Waals surface area (Å²) in [7, 11) is -9.97. The Morgan fingerprint density at radius 3 is 1.79 bits per heavy atom. The minimum Gasteiger partial charge on any atom is -0.481 e. The van der Waals surface area contributed by atoms with Crippen LogP contribution in [0.4, 0.5) is 19.4 Å². The van der Waals surface area contributed by atoms with Crippen LogP contribution < -0.4 is 4.72 Å². The molecule has 0 saturated carbocycles. The van der Waals surface area contributed by atoms with Crippen LogP contribution in [0.15, 0.2) is 0 Å². The largest absolute Gasteiger partial charge is 0.481 e. The first kappa shape index (κ1) is 12.9. The molecule has 0 radical (unpaired) electrons. The van der Waals surface area contributed by atoms with Gasteiger partial charge in [0.25, 0.3) is 0 Å². The molecule has 0 heterocycles. The lowest BCUT2D eigenvalue weighted by Gasteiger charge is -2.40. The van der Waals surface area contributed by atoms with Crippen molar-refractivity contribution in [1.29, 1.82) is 0 Å². The maximum absolute atomic E-state index is 11.5.